The quantitative estimate of drug-likeness (QED) is 0.600. The number of guanidine groups is 1. The Hall–Kier alpha value is -1.85. The fourth-order valence-electron chi connectivity index (χ4n) is 1.37. The lowest BCUT2D eigenvalue weighted by Crippen LogP contribution is -2.37. The molecule has 0 unspecified atom stereocenters. The second kappa shape index (κ2) is 6.67. The summed E-state index contributed by atoms with van der Waals surface area (Å²) in [4.78, 5) is 14.5. The number of ether oxygens (including phenoxy) is 1. The lowest BCUT2D eigenvalue weighted by atomic mass is 10.5. The summed E-state index contributed by atoms with van der Waals surface area (Å²) in [7, 11) is 1.57. The molecule has 0 aliphatic rings. The summed E-state index contributed by atoms with van der Waals surface area (Å²) >= 11 is 0. The SMILES string of the molecule is CCN(CC)C(N)=NCc1nccc(OC)n1. The lowest BCUT2D eigenvalue weighted by molar-refractivity contribution is 0.394. The topological polar surface area (TPSA) is 76.6 Å². The van der Waals surface area contributed by atoms with E-state index in [2.05, 4.69) is 15.0 Å². The third kappa shape index (κ3) is 3.90. The van der Waals surface area contributed by atoms with E-state index in [1.54, 1.807) is 19.4 Å². The molecule has 17 heavy (non-hydrogen) atoms. The van der Waals surface area contributed by atoms with Crippen molar-refractivity contribution in [1.29, 1.82) is 0 Å². The van der Waals surface area contributed by atoms with Gasteiger partial charge >= 0.3 is 0 Å². The molecule has 1 heterocycles. The molecule has 0 spiro atoms. The van der Waals surface area contributed by atoms with Crippen molar-refractivity contribution < 1.29 is 4.74 Å². The summed E-state index contributed by atoms with van der Waals surface area (Å²) in [5.41, 5.74) is 5.85. The Morgan fingerprint density at radius 3 is 2.76 bits per heavy atom. The van der Waals surface area contributed by atoms with E-state index in [1.807, 2.05) is 18.7 Å². The van der Waals surface area contributed by atoms with Gasteiger partial charge in [0, 0.05) is 25.4 Å². The van der Waals surface area contributed by atoms with Crippen LogP contribution in [0.4, 0.5) is 0 Å². The maximum Gasteiger partial charge on any atom is 0.216 e. The van der Waals surface area contributed by atoms with Crippen molar-refractivity contribution in [1.82, 2.24) is 14.9 Å². The Morgan fingerprint density at radius 2 is 2.18 bits per heavy atom. The molecule has 0 amide bonds. The lowest BCUT2D eigenvalue weighted by Gasteiger charge is -2.19. The van der Waals surface area contributed by atoms with Gasteiger partial charge in [0.05, 0.1) is 7.11 Å². The van der Waals surface area contributed by atoms with Crippen LogP contribution < -0.4 is 10.5 Å². The van der Waals surface area contributed by atoms with Crippen LogP contribution in [-0.2, 0) is 6.54 Å². The maximum absolute atomic E-state index is 5.85. The van der Waals surface area contributed by atoms with E-state index in [0.29, 0.717) is 24.2 Å². The standard InChI is InChI=1S/C11H19N5O/c1-4-16(5-2)11(12)14-8-9-13-7-6-10(15-9)17-3/h6-7H,4-5,8H2,1-3H3,(H2,12,14). The van der Waals surface area contributed by atoms with E-state index in [0.717, 1.165) is 13.1 Å². The van der Waals surface area contributed by atoms with Crippen LogP contribution in [0.3, 0.4) is 0 Å². The summed E-state index contributed by atoms with van der Waals surface area (Å²) < 4.78 is 5.01. The highest BCUT2D eigenvalue weighted by molar-refractivity contribution is 5.77. The fraction of sp³-hybridized carbons (Fsp3) is 0.545. The van der Waals surface area contributed by atoms with Gasteiger partial charge in [-0.2, -0.15) is 4.98 Å². The average Bonchev–Trinajstić information content (AvgIpc) is 2.38. The molecule has 0 aliphatic heterocycles. The second-order valence-corrected chi connectivity index (χ2v) is 3.36. The number of methoxy groups -OCH3 is 1. The van der Waals surface area contributed by atoms with Crippen LogP contribution in [0, 0.1) is 0 Å². The van der Waals surface area contributed by atoms with Crippen LogP contribution in [0.25, 0.3) is 0 Å². The van der Waals surface area contributed by atoms with Crippen molar-refractivity contribution in [2.24, 2.45) is 10.7 Å². The van der Waals surface area contributed by atoms with Crippen molar-refractivity contribution in [3.05, 3.63) is 18.1 Å². The Labute approximate surface area is 102 Å². The molecule has 1 rings (SSSR count). The zero-order valence-corrected chi connectivity index (χ0v) is 10.6. The molecule has 0 aliphatic carbocycles. The number of rotatable bonds is 5. The van der Waals surface area contributed by atoms with Crippen LogP contribution in [0.15, 0.2) is 17.3 Å². The summed E-state index contributed by atoms with van der Waals surface area (Å²) in [6.07, 6.45) is 1.64. The van der Waals surface area contributed by atoms with E-state index in [4.69, 9.17) is 10.5 Å². The minimum Gasteiger partial charge on any atom is -0.481 e. The predicted octanol–water partition coefficient (Wildman–Crippen LogP) is 0.642. The van der Waals surface area contributed by atoms with Gasteiger partial charge in [0.25, 0.3) is 0 Å². The van der Waals surface area contributed by atoms with Gasteiger partial charge in [-0.3, -0.25) is 0 Å². The molecule has 0 bridgehead atoms. The van der Waals surface area contributed by atoms with Gasteiger partial charge in [-0.1, -0.05) is 0 Å². The number of aromatic nitrogens is 2. The minimum atomic E-state index is 0.361. The summed E-state index contributed by atoms with van der Waals surface area (Å²) in [6, 6.07) is 1.70. The number of nitrogens with zero attached hydrogens (tertiary/aromatic N) is 4. The largest absolute Gasteiger partial charge is 0.481 e. The van der Waals surface area contributed by atoms with Crippen LogP contribution >= 0.6 is 0 Å². The Bertz CT molecular complexity index is 376. The van der Waals surface area contributed by atoms with Gasteiger partial charge < -0.3 is 15.4 Å². The molecule has 1 aromatic heterocycles. The average molecular weight is 237 g/mol. The summed E-state index contributed by atoms with van der Waals surface area (Å²) in [5, 5.41) is 0. The number of hydrogen-bond donors (Lipinski definition) is 1. The third-order valence-electron chi connectivity index (χ3n) is 2.36. The molecular weight excluding hydrogens is 218 g/mol. The van der Waals surface area contributed by atoms with Crippen molar-refractivity contribution in [3.8, 4) is 5.88 Å². The molecule has 6 nitrogen and oxygen atoms in total. The van der Waals surface area contributed by atoms with E-state index in [-0.39, 0.29) is 0 Å². The summed E-state index contributed by atoms with van der Waals surface area (Å²) in [6.45, 7) is 6.11. The van der Waals surface area contributed by atoms with Gasteiger partial charge in [-0.25, -0.2) is 9.98 Å². The Morgan fingerprint density at radius 1 is 1.47 bits per heavy atom. The monoisotopic (exact) mass is 237 g/mol. The van der Waals surface area contributed by atoms with Crippen molar-refractivity contribution in [3.63, 3.8) is 0 Å². The predicted molar refractivity (Wildman–Crippen MR) is 66.8 cm³/mol. The van der Waals surface area contributed by atoms with Crippen molar-refractivity contribution >= 4 is 5.96 Å². The van der Waals surface area contributed by atoms with E-state index >= 15 is 0 Å². The molecule has 1 aromatic rings. The van der Waals surface area contributed by atoms with Crippen LogP contribution in [-0.4, -0.2) is 41.0 Å². The minimum absolute atomic E-state index is 0.361. The first-order valence-electron chi connectivity index (χ1n) is 5.62. The van der Waals surface area contributed by atoms with E-state index in [1.165, 1.54) is 0 Å². The van der Waals surface area contributed by atoms with Crippen molar-refractivity contribution in [2.75, 3.05) is 20.2 Å². The highest BCUT2D eigenvalue weighted by atomic mass is 16.5. The van der Waals surface area contributed by atoms with Gasteiger partial charge in [0.1, 0.15) is 6.54 Å². The molecule has 0 atom stereocenters. The third-order valence-corrected chi connectivity index (χ3v) is 2.36. The number of hydrogen-bond acceptors (Lipinski definition) is 4. The normalized spacial score (nSPS) is 11.4. The van der Waals surface area contributed by atoms with Gasteiger partial charge in [0.15, 0.2) is 11.8 Å². The van der Waals surface area contributed by atoms with E-state index < -0.39 is 0 Å². The van der Waals surface area contributed by atoms with Gasteiger partial charge in [-0.15, -0.1) is 0 Å². The fourth-order valence-corrected chi connectivity index (χ4v) is 1.37. The smallest absolute Gasteiger partial charge is 0.216 e. The second-order valence-electron chi connectivity index (χ2n) is 3.36. The number of nitrogens with two attached hydrogens (primary N) is 1. The molecule has 0 saturated carbocycles. The highest BCUT2D eigenvalue weighted by Crippen LogP contribution is 2.04. The van der Waals surface area contributed by atoms with Crippen molar-refractivity contribution in [2.45, 2.75) is 20.4 Å². The number of aliphatic imine (C=N–C) groups is 1. The van der Waals surface area contributed by atoms with Gasteiger partial charge in [-0.05, 0) is 13.8 Å². The molecule has 6 heteroatoms. The zero-order chi connectivity index (χ0) is 12.7. The molecular formula is C11H19N5O. The molecule has 94 valence electrons. The Balaban J connectivity index is 2.67. The van der Waals surface area contributed by atoms with Crippen LogP contribution in [0.5, 0.6) is 5.88 Å². The molecule has 0 fully saturated rings. The molecule has 2 N–H and O–H groups in total. The first-order valence-corrected chi connectivity index (χ1v) is 5.62. The van der Waals surface area contributed by atoms with Crippen LogP contribution in [0.1, 0.15) is 19.7 Å². The molecule has 0 saturated heterocycles. The molecule has 0 aromatic carbocycles. The van der Waals surface area contributed by atoms with E-state index in [9.17, 15) is 0 Å². The highest BCUT2D eigenvalue weighted by Gasteiger charge is 2.03. The molecule has 0 radical (unpaired) electrons. The van der Waals surface area contributed by atoms with Crippen LogP contribution in [0.2, 0.25) is 0 Å². The zero-order valence-electron chi connectivity index (χ0n) is 10.6. The first-order chi connectivity index (χ1) is 8.21. The maximum atomic E-state index is 5.85. The summed E-state index contributed by atoms with van der Waals surface area (Å²) in [5.74, 6) is 1.65. The van der Waals surface area contributed by atoms with Gasteiger partial charge in [0.2, 0.25) is 5.88 Å². The first kappa shape index (κ1) is 13.2. The Kier molecular flexibility index (Phi) is 5.19.